The normalized spacial score (nSPS) is 17.8. The van der Waals surface area contributed by atoms with Crippen molar-refractivity contribution in [3.63, 3.8) is 0 Å². The van der Waals surface area contributed by atoms with Crippen molar-refractivity contribution in [2.75, 3.05) is 6.61 Å². The van der Waals surface area contributed by atoms with Crippen LogP contribution in [0, 0.1) is 11.3 Å². The molecule has 0 spiro atoms. The van der Waals surface area contributed by atoms with Crippen molar-refractivity contribution >= 4 is 26.8 Å². The molecule has 0 aliphatic heterocycles. The van der Waals surface area contributed by atoms with Crippen LogP contribution in [0.15, 0.2) is 71.4 Å². The van der Waals surface area contributed by atoms with Gasteiger partial charge in [0.25, 0.3) is 0 Å². The summed E-state index contributed by atoms with van der Waals surface area (Å²) in [4.78, 5) is 0. The van der Waals surface area contributed by atoms with Crippen LogP contribution in [0.2, 0.25) is 0 Å². The van der Waals surface area contributed by atoms with Crippen molar-refractivity contribution in [2.24, 2.45) is 0 Å². The fourth-order valence-corrected chi connectivity index (χ4v) is 3.91. The molecule has 1 aliphatic carbocycles. The van der Waals surface area contributed by atoms with E-state index in [-0.39, 0.29) is 22.9 Å². The summed E-state index contributed by atoms with van der Waals surface area (Å²) in [5, 5.41) is 24.7. The van der Waals surface area contributed by atoms with Crippen LogP contribution in [0.25, 0.3) is 10.9 Å². The van der Waals surface area contributed by atoms with E-state index in [9.17, 15) is 23.5 Å². The lowest BCUT2D eigenvalue weighted by atomic mass is 9.93. The summed E-state index contributed by atoms with van der Waals surface area (Å²) in [7, 11) is 0. The molecule has 32 heavy (non-hydrogen) atoms. The number of rotatable bonds is 5. The quantitative estimate of drug-likeness (QED) is 0.494. The molecule has 0 amide bonds. The molecule has 1 heterocycles. The number of benzene rings is 2. The topological polar surface area (TPSA) is 71.1 Å². The average Bonchev–Trinajstić information content (AvgIpc) is 3.21. The van der Waals surface area contributed by atoms with E-state index in [0.29, 0.717) is 15.4 Å². The molecule has 0 saturated heterocycles. The number of hydrogen-bond donors (Lipinski definition) is 1. The van der Waals surface area contributed by atoms with Crippen molar-refractivity contribution in [2.45, 2.75) is 24.2 Å². The van der Waals surface area contributed by atoms with Gasteiger partial charge in [0.15, 0.2) is 0 Å². The summed E-state index contributed by atoms with van der Waals surface area (Å²) in [5.41, 5.74) is -2.94. The van der Waals surface area contributed by atoms with Gasteiger partial charge in [-0.05, 0) is 42.3 Å². The Morgan fingerprint density at radius 3 is 2.72 bits per heavy atom. The van der Waals surface area contributed by atoms with Crippen LogP contribution in [0.1, 0.15) is 23.6 Å². The van der Waals surface area contributed by atoms with Crippen molar-refractivity contribution in [3.8, 4) is 11.8 Å². The van der Waals surface area contributed by atoms with Crippen LogP contribution >= 0.6 is 15.9 Å². The summed E-state index contributed by atoms with van der Waals surface area (Å²) in [5.74, 6) is -0.0515. The van der Waals surface area contributed by atoms with Gasteiger partial charge in [0.2, 0.25) is 5.60 Å². The number of alkyl halides is 3. The average molecular weight is 504 g/mol. The van der Waals surface area contributed by atoms with Gasteiger partial charge in [-0.3, -0.25) is 4.68 Å². The second kappa shape index (κ2) is 8.45. The fourth-order valence-electron chi connectivity index (χ4n) is 3.55. The summed E-state index contributed by atoms with van der Waals surface area (Å²) in [6.07, 6.45) is 4.96. The predicted molar refractivity (Wildman–Crippen MR) is 116 cm³/mol. The largest absolute Gasteiger partial charge is 0.488 e. The molecule has 1 N–H and O–H groups in total. The number of aliphatic hydroxyl groups is 1. The highest BCUT2D eigenvalue weighted by Gasteiger charge is 2.56. The Hall–Kier alpha value is -3.09. The number of aromatic nitrogens is 2. The molecule has 164 valence electrons. The third-order valence-corrected chi connectivity index (χ3v) is 5.81. The molecule has 2 atom stereocenters. The second-order valence-corrected chi connectivity index (χ2v) is 8.29. The summed E-state index contributed by atoms with van der Waals surface area (Å²) < 4.78 is 49.6. The van der Waals surface area contributed by atoms with Crippen LogP contribution in [0.5, 0.6) is 5.75 Å². The minimum absolute atomic E-state index is 0.0324. The summed E-state index contributed by atoms with van der Waals surface area (Å²) in [6, 6.07) is 10.2. The lowest BCUT2D eigenvalue weighted by Crippen LogP contribution is -2.47. The first kappa shape index (κ1) is 22.1. The Morgan fingerprint density at radius 1 is 1.22 bits per heavy atom. The zero-order valence-corrected chi connectivity index (χ0v) is 18.1. The van der Waals surface area contributed by atoms with E-state index in [2.05, 4.69) is 21.0 Å². The van der Waals surface area contributed by atoms with Gasteiger partial charge in [-0.25, -0.2) is 0 Å². The number of halogens is 4. The monoisotopic (exact) mass is 503 g/mol. The van der Waals surface area contributed by atoms with Crippen molar-refractivity contribution < 1.29 is 23.0 Å². The van der Waals surface area contributed by atoms with Gasteiger partial charge < -0.3 is 9.84 Å². The van der Waals surface area contributed by atoms with Gasteiger partial charge >= 0.3 is 6.18 Å². The zero-order valence-electron chi connectivity index (χ0n) is 16.6. The van der Waals surface area contributed by atoms with E-state index < -0.39 is 18.4 Å². The number of nitrogens with zero attached hydrogens (tertiary/aromatic N) is 3. The number of fused-ring (bicyclic) bond motifs is 1. The first-order chi connectivity index (χ1) is 15.2. The molecule has 5 nitrogen and oxygen atoms in total. The molecule has 2 aromatic carbocycles. The van der Waals surface area contributed by atoms with Gasteiger partial charge in [-0.1, -0.05) is 46.3 Å². The molecule has 3 aromatic rings. The maximum atomic E-state index is 14.0. The zero-order chi connectivity index (χ0) is 22.9. The maximum Gasteiger partial charge on any atom is 0.424 e. The van der Waals surface area contributed by atoms with Crippen LogP contribution in [-0.2, 0) is 5.60 Å². The number of hydrogen-bond acceptors (Lipinski definition) is 4. The highest BCUT2D eigenvalue weighted by molar-refractivity contribution is 9.10. The molecule has 0 bridgehead atoms. The Labute approximate surface area is 190 Å². The van der Waals surface area contributed by atoms with Crippen LogP contribution in [0.4, 0.5) is 13.2 Å². The number of ether oxygens (including phenoxy) is 1. The summed E-state index contributed by atoms with van der Waals surface area (Å²) >= 11 is 3.20. The van der Waals surface area contributed by atoms with Crippen LogP contribution in [-0.4, -0.2) is 27.7 Å². The Bertz CT molecular complexity index is 1260. The maximum absolute atomic E-state index is 14.0. The van der Waals surface area contributed by atoms with Gasteiger partial charge in [0.05, 0.1) is 23.3 Å². The van der Waals surface area contributed by atoms with E-state index in [0.717, 1.165) is 6.42 Å². The van der Waals surface area contributed by atoms with Gasteiger partial charge in [-0.2, -0.15) is 23.5 Å². The van der Waals surface area contributed by atoms with Crippen molar-refractivity contribution in [3.05, 3.63) is 82.5 Å². The lowest BCUT2D eigenvalue weighted by Gasteiger charge is -2.31. The Kier molecular flexibility index (Phi) is 5.84. The third kappa shape index (κ3) is 4.04. The van der Waals surface area contributed by atoms with E-state index in [1.54, 1.807) is 4.68 Å². The smallest absolute Gasteiger partial charge is 0.424 e. The molecule has 9 heteroatoms. The third-order valence-electron chi connectivity index (χ3n) is 5.31. The van der Waals surface area contributed by atoms with E-state index in [4.69, 9.17) is 4.74 Å². The molecule has 1 aliphatic rings. The minimum atomic E-state index is -5.02. The van der Waals surface area contributed by atoms with E-state index in [1.807, 2.05) is 30.4 Å². The molecule has 0 saturated carbocycles. The standard InChI is InChI=1S/C23H17BrF3N3O2/c24-18-7-9-21(15(11-18)12-28)32-14-22(31,23(25,26)27)17-6-8-20-16(10-17)13-29-30(20)19-4-2-1-3-5-19/h1-4,6-11,13,19,31H,5,14H2. The molecular weight excluding hydrogens is 487 g/mol. The first-order valence-corrected chi connectivity index (χ1v) is 10.4. The molecule has 2 unspecified atom stereocenters. The highest BCUT2D eigenvalue weighted by Crippen LogP contribution is 2.41. The lowest BCUT2D eigenvalue weighted by molar-refractivity contribution is -0.275. The predicted octanol–water partition coefficient (Wildman–Crippen LogP) is 5.56. The van der Waals surface area contributed by atoms with Gasteiger partial charge in [0.1, 0.15) is 18.4 Å². The summed E-state index contributed by atoms with van der Waals surface area (Å²) in [6.45, 7) is -1.11. The number of allylic oxidation sites excluding steroid dienone is 4. The van der Waals surface area contributed by atoms with Gasteiger partial charge in [-0.15, -0.1) is 0 Å². The highest BCUT2D eigenvalue weighted by atomic mass is 79.9. The molecule has 0 radical (unpaired) electrons. The van der Waals surface area contributed by atoms with Gasteiger partial charge in [0, 0.05) is 9.86 Å². The fraction of sp³-hybridized carbons (Fsp3) is 0.217. The number of nitriles is 1. The second-order valence-electron chi connectivity index (χ2n) is 7.38. The van der Waals surface area contributed by atoms with E-state index >= 15 is 0 Å². The molecule has 4 rings (SSSR count). The Balaban J connectivity index is 1.68. The van der Waals surface area contributed by atoms with Crippen molar-refractivity contribution in [1.29, 1.82) is 5.26 Å². The van der Waals surface area contributed by atoms with Crippen LogP contribution < -0.4 is 4.74 Å². The molecule has 1 aromatic heterocycles. The SMILES string of the molecule is N#Cc1cc(Br)ccc1OCC(O)(c1ccc2c(cnn2C2C=CC=CC2)c1)C(F)(F)F. The molecular formula is C23H17BrF3N3O2. The van der Waals surface area contributed by atoms with Crippen LogP contribution in [0.3, 0.4) is 0 Å². The van der Waals surface area contributed by atoms with Crippen molar-refractivity contribution in [1.82, 2.24) is 9.78 Å². The van der Waals surface area contributed by atoms with E-state index in [1.165, 1.54) is 42.6 Å². The first-order valence-electron chi connectivity index (χ1n) is 9.65. The molecule has 0 fully saturated rings. The Morgan fingerprint density at radius 2 is 2.03 bits per heavy atom. The minimum Gasteiger partial charge on any atom is -0.488 e.